The zero-order valence-corrected chi connectivity index (χ0v) is 15.0. The van der Waals surface area contributed by atoms with Gasteiger partial charge in [0, 0.05) is 35.4 Å². The molecule has 1 saturated heterocycles. The van der Waals surface area contributed by atoms with Crippen LogP contribution in [0, 0.1) is 5.92 Å². The van der Waals surface area contributed by atoms with Gasteiger partial charge >= 0.3 is 0 Å². The van der Waals surface area contributed by atoms with Gasteiger partial charge in [0.15, 0.2) is 0 Å². The van der Waals surface area contributed by atoms with Crippen LogP contribution in [0.2, 0.25) is 0 Å². The molecule has 1 aliphatic heterocycles. The molecule has 1 aromatic heterocycles. The molecule has 1 fully saturated rings. The Morgan fingerprint density at radius 1 is 1.36 bits per heavy atom. The molecule has 25 heavy (non-hydrogen) atoms. The summed E-state index contributed by atoms with van der Waals surface area (Å²) < 4.78 is 5.81. The quantitative estimate of drug-likeness (QED) is 0.814. The third-order valence-electron chi connectivity index (χ3n) is 3.99. The number of hydrogen-bond donors (Lipinski definition) is 2. The third kappa shape index (κ3) is 3.74. The number of carbonyl (C=O) groups excluding carboxylic acids is 2. The Labute approximate surface area is 152 Å². The lowest BCUT2D eigenvalue weighted by Gasteiger charge is -2.17. The van der Waals surface area contributed by atoms with Crippen LogP contribution in [0.15, 0.2) is 45.8 Å². The molecule has 0 saturated carbocycles. The lowest BCUT2D eigenvalue weighted by atomic mass is 10.1. The number of H-pyrrole nitrogens is 1. The van der Waals surface area contributed by atoms with Gasteiger partial charge in [-0.05, 0) is 34.1 Å². The first-order valence-electron chi connectivity index (χ1n) is 7.61. The summed E-state index contributed by atoms with van der Waals surface area (Å²) in [5.41, 5.74) is 0.428. The first-order valence-corrected chi connectivity index (χ1v) is 8.40. The SMILES string of the molecule is COc1cccc(N2CC(C(=O)Nc3cc(Br)c[nH]c3=O)CC2=O)c1. The standard InChI is InChI=1S/C17H16BrN3O4/c1-25-13-4-2-3-12(7-13)21-9-10(5-15(21)22)16(23)20-14-6-11(18)8-19-17(14)24/h2-4,6-8,10H,5,9H2,1H3,(H,19,24)(H,20,23). The van der Waals surface area contributed by atoms with E-state index in [1.807, 2.05) is 0 Å². The van der Waals surface area contributed by atoms with E-state index >= 15 is 0 Å². The molecule has 0 radical (unpaired) electrons. The van der Waals surface area contributed by atoms with E-state index in [-0.39, 0.29) is 30.5 Å². The van der Waals surface area contributed by atoms with Crippen molar-refractivity contribution in [3.63, 3.8) is 0 Å². The Bertz CT molecular complexity index is 880. The average Bonchev–Trinajstić information content (AvgIpc) is 3.00. The summed E-state index contributed by atoms with van der Waals surface area (Å²) in [6.45, 7) is 0.254. The van der Waals surface area contributed by atoms with Crippen molar-refractivity contribution in [2.24, 2.45) is 5.92 Å². The number of anilines is 2. The van der Waals surface area contributed by atoms with Gasteiger partial charge in [0.1, 0.15) is 11.4 Å². The van der Waals surface area contributed by atoms with Crippen LogP contribution in [0.3, 0.4) is 0 Å². The normalized spacial score (nSPS) is 16.8. The van der Waals surface area contributed by atoms with Crippen molar-refractivity contribution < 1.29 is 14.3 Å². The molecule has 1 aromatic carbocycles. The molecule has 2 aromatic rings. The second-order valence-corrected chi connectivity index (χ2v) is 6.57. The molecule has 7 nitrogen and oxygen atoms in total. The van der Waals surface area contributed by atoms with E-state index in [1.54, 1.807) is 36.3 Å². The number of benzene rings is 1. The fourth-order valence-corrected chi connectivity index (χ4v) is 3.04. The fraction of sp³-hybridized carbons (Fsp3) is 0.235. The van der Waals surface area contributed by atoms with Crippen LogP contribution >= 0.6 is 15.9 Å². The van der Waals surface area contributed by atoms with Crippen LogP contribution in [0.1, 0.15) is 6.42 Å². The highest BCUT2D eigenvalue weighted by molar-refractivity contribution is 9.10. The van der Waals surface area contributed by atoms with Gasteiger partial charge in [0.25, 0.3) is 5.56 Å². The minimum absolute atomic E-state index is 0.0922. The fourth-order valence-electron chi connectivity index (χ4n) is 2.70. The van der Waals surface area contributed by atoms with Crippen LogP contribution in [0.5, 0.6) is 5.75 Å². The second-order valence-electron chi connectivity index (χ2n) is 5.66. The summed E-state index contributed by atoms with van der Waals surface area (Å²) in [5.74, 6) is -0.394. The van der Waals surface area contributed by atoms with Crippen molar-refractivity contribution in [1.82, 2.24) is 4.98 Å². The van der Waals surface area contributed by atoms with Crippen LogP contribution in [-0.2, 0) is 9.59 Å². The van der Waals surface area contributed by atoms with E-state index in [1.165, 1.54) is 12.3 Å². The first kappa shape index (κ1) is 17.2. The van der Waals surface area contributed by atoms with Crippen LogP contribution in [0.25, 0.3) is 0 Å². The van der Waals surface area contributed by atoms with E-state index in [9.17, 15) is 14.4 Å². The van der Waals surface area contributed by atoms with Gasteiger partial charge in [-0.25, -0.2) is 0 Å². The molecule has 0 bridgehead atoms. The number of halogens is 1. The van der Waals surface area contributed by atoms with Crippen molar-refractivity contribution in [2.75, 3.05) is 23.9 Å². The lowest BCUT2D eigenvalue weighted by Crippen LogP contribution is -2.29. The smallest absolute Gasteiger partial charge is 0.271 e. The summed E-state index contributed by atoms with van der Waals surface area (Å²) in [6, 6.07) is 8.63. The molecule has 0 aliphatic carbocycles. The van der Waals surface area contributed by atoms with Crippen molar-refractivity contribution in [3.8, 4) is 5.75 Å². The molecule has 2 amide bonds. The summed E-state index contributed by atoms with van der Waals surface area (Å²) in [6.07, 6.45) is 1.58. The van der Waals surface area contributed by atoms with Gasteiger partial charge in [-0.2, -0.15) is 0 Å². The average molecular weight is 406 g/mol. The molecule has 8 heteroatoms. The maximum absolute atomic E-state index is 12.4. The molecule has 1 atom stereocenters. The highest BCUT2D eigenvalue weighted by Crippen LogP contribution is 2.28. The molecule has 1 aliphatic rings. The Morgan fingerprint density at radius 3 is 2.92 bits per heavy atom. The van der Waals surface area contributed by atoms with Crippen LogP contribution in [0.4, 0.5) is 11.4 Å². The molecular formula is C17H16BrN3O4. The van der Waals surface area contributed by atoms with Gasteiger partial charge in [-0.3, -0.25) is 14.4 Å². The molecule has 2 N–H and O–H groups in total. The largest absolute Gasteiger partial charge is 0.497 e. The highest BCUT2D eigenvalue weighted by Gasteiger charge is 2.35. The van der Waals surface area contributed by atoms with E-state index in [0.29, 0.717) is 15.9 Å². The summed E-state index contributed by atoms with van der Waals surface area (Å²) in [7, 11) is 1.55. The number of methoxy groups -OCH3 is 1. The van der Waals surface area contributed by atoms with Crippen LogP contribution in [-0.4, -0.2) is 30.5 Å². The van der Waals surface area contributed by atoms with Gasteiger partial charge in [-0.15, -0.1) is 0 Å². The predicted octanol–water partition coefficient (Wildman–Crippen LogP) is 2.14. The van der Waals surface area contributed by atoms with Crippen molar-refractivity contribution in [1.29, 1.82) is 0 Å². The number of aromatic amines is 1. The van der Waals surface area contributed by atoms with Gasteiger partial charge in [-0.1, -0.05) is 6.07 Å². The topological polar surface area (TPSA) is 91.5 Å². The molecule has 130 valence electrons. The van der Waals surface area contributed by atoms with Crippen molar-refractivity contribution in [2.45, 2.75) is 6.42 Å². The first-order chi connectivity index (χ1) is 12.0. The van der Waals surface area contributed by atoms with E-state index in [0.717, 1.165) is 0 Å². The zero-order valence-electron chi connectivity index (χ0n) is 13.4. The number of rotatable bonds is 4. The van der Waals surface area contributed by atoms with Gasteiger partial charge in [0.05, 0.1) is 13.0 Å². The summed E-state index contributed by atoms with van der Waals surface area (Å²) in [4.78, 5) is 40.6. The maximum atomic E-state index is 12.4. The number of pyridine rings is 1. The molecule has 2 heterocycles. The zero-order chi connectivity index (χ0) is 18.0. The summed E-state index contributed by atoms with van der Waals surface area (Å²) in [5, 5.41) is 2.59. The maximum Gasteiger partial charge on any atom is 0.271 e. The highest BCUT2D eigenvalue weighted by atomic mass is 79.9. The second kappa shape index (κ2) is 7.10. The van der Waals surface area contributed by atoms with Gasteiger partial charge in [0.2, 0.25) is 11.8 Å². The van der Waals surface area contributed by atoms with Crippen molar-refractivity contribution >= 4 is 39.1 Å². The third-order valence-corrected chi connectivity index (χ3v) is 4.44. The minimum atomic E-state index is -0.530. The number of nitrogens with zero attached hydrogens (tertiary/aromatic N) is 1. The minimum Gasteiger partial charge on any atom is -0.497 e. The monoisotopic (exact) mass is 405 g/mol. The molecule has 3 rings (SSSR count). The lowest BCUT2D eigenvalue weighted by molar-refractivity contribution is -0.122. The van der Waals surface area contributed by atoms with Crippen LogP contribution < -0.4 is 20.5 Å². The number of nitrogens with one attached hydrogen (secondary N) is 2. The van der Waals surface area contributed by atoms with Gasteiger partial charge < -0.3 is 19.9 Å². The molecular weight excluding hydrogens is 390 g/mol. The summed E-state index contributed by atoms with van der Waals surface area (Å²) >= 11 is 3.24. The van der Waals surface area contributed by atoms with E-state index in [2.05, 4.69) is 26.2 Å². The molecule has 0 spiro atoms. The van der Waals surface area contributed by atoms with Crippen molar-refractivity contribution in [3.05, 3.63) is 51.4 Å². The Kier molecular flexibility index (Phi) is 4.89. The molecule has 1 unspecified atom stereocenters. The Hall–Kier alpha value is -2.61. The van der Waals surface area contributed by atoms with E-state index in [4.69, 9.17) is 4.74 Å². The number of carbonyl (C=O) groups is 2. The number of hydrogen-bond acceptors (Lipinski definition) is 4. The Morgan fingerprint density at radius 2 is 2.16 bits per heavy atom. The van der Waals surface area contributed by atoms with E-state index < -0.39 is 11.5 Å². The number of amides is 2. The predicted molar refractivity (Wildman–Crippen MR) is 96.8 cm³/mol. The number of ether oxygens (including phenoxy) is 1. The Balaban J connectivity index is 1.74. The number of aromatic nitrogens is 1.